The lowest BCUT2D eigenvalue weighted by molar-refractivity contribution is -0.186. The van der Waals surface area contributed by atoms with Crippen LogP contribution in [0.25, 0.3) is 0 Å². The molecule has 0 radical (unpaired) electrons. The molecule has 5 aliphatic rings. The van der Waals surface area contributed by atoms with E-state index in [9.17, 15) is 24.9 Å². The lowest BCUT2D eigenvalue weighted by Crippen LogP contribution is -2.65. The SMILES string of the molecule is CO[C@H]1C[C@H]2C=C[C@@H]3[C@@H](C45C[C@]34[C@H](OC(=O)c3[nH]c(Br)c(Br)c3Br)[C@H](C)[C@H]5O)[C@]2(O)/C(C)=C/[C@@H](C)[C@@H]([C@@H](C)O)OC1=O. The fourth-order valence-corrected chi connectivity index (χ4v) is 10.8. The summed E-state index contributed by atoms with van der Waals surface area (Å²) < 4.78 is 19.3. The highest BCUT2D eigenvalue weighted by molar-refractivity contribution is 9.14. The second-order valence-electron chi connectivity index (χ2n) is 13.0. The molecule has 42 heavy (non-hydrogen) atoms. The predicted molar refractivity (Wildman–Crippen MR) is 162 cm³/mol. The number of aliphatic hydroxyl groups is 3. The molecule has 1 aromatic heterocycles. The van der Waals surface area contributed by atoms with Crippen LogP contribution in [-0.4, -0.2) is 75.5 Å². The minimum Gasteiger partial charge on any atom is -0.457 e. The van der Waals surface area contributed by atoms with Gasteiger partial charge in [-0.3, -0.25) is 0 Å². The zero-order valence-corrected chi connectivity index (χ0v) is 28.7. The lowest BCUT2D eigenvalue weighted by Gasteiger charge is -2.60. The summed E-state index contributed by atoms with van der Waals surface area (Å²) in [6.07, 6.45) is 2.68. The Kier molecular flexibility index (Phi) is 7.56. The molecule has 6 rings (SSSR count). The van der Waals surface area contributed by atoms with E-state index < -0.39 is 64.8 Å². The summed E-state index contributed by atoms with van der Waals surface area (Å²) >= 11 is 10.3. The number of hydrogen-bond donors (Lipinski definition) is 4. The molecule has 0 saturated heterocycles. The number of carbonyl (C=O) groups excluding carboxylic acids is 2. The topological polar surface area (TPSA) is 138 Å². The number of methoxy groups -OCH3 is 1. The van der Waals surface area contributed by atoms with Crippen LogP contribution in [0.5, 0.6) is 0 Å². The first-order chi connectivity index (χ1) is 19.7. The molecule has 12 heteroatoms. The quantitative estimate of drug-likeness (QED) is 0.256. The number of fused-ring (bicyclic) bond motifs is 3. The number of carbonyl (C=O) groups is 2. The van der Waals surface area contributed by atoms with Crippen molar-refractivity contribution in [2.45, 2.75) is 76.7 Å². The molecule has 4 N–H and O–H groups in total. The number of esters is 2. The normalized spacial score (nSPS) is 47.5. The van der Waals surface area contributed by atoms with Crippen molar-refractivity contribution in [3.8, 4) is 0 Å². The second-order valence-corrected chi connectivity index (χ2v) is 15.3. The Labute approximate surface area is 269 Å². The zero-order valence-electron chi connectivity index (χ0n) is 23.9. The van der Waals surface area contributed by atoms with Gasteiger partial charge in [0.05, 0.1) is 31.4 Å². The molecule has 2 heterocycles. The van der Waals surface area contributed by atoms with Crippen LogP contribution in [0.15, 0.2) is 37.3 Å². The van der Waals surface area contributed by atoms with Gasteiger partial charge in [0.25, 0.3) is 0 Å². The molecule has 3 fully saturated rings. The molecule has 1 aliphatic heterocycles. The van der Waals surface area contributed by atoms with Gasteiger partial charge < -0.3 is 34.5 Å². The highest BCUT2D eigenvalue weighted by atomic mass is 79.9. The first-order valence-electron chi connectivity index (χ1n) is 14.3. The van der Waals surface area contributed by atoms with E-state index in [1.165, 1.54) is 7.11 Å². The Morgan fingerprint density at radius 1 is 1.19 bits per heavy atom. The molecule has 13 atom stereocenters. The van der Waals surface area contributed by atoms with E-state index >= 15 is 0 Å². The summed E-state index contributed by atoms with van der Waals surface area (Å²) in [5.74, 6) is -2.84. The fourth-order valence-electron chi connectivity index (χ4n) is 9.34. The maximum atomic E-state index is 13.4. The number of aliphatic hydroxyl groups excluding tert-OH is 2. The van der Waals surface area contributed by atoms with E-state index in [1.807, 2.05) is 32.9 Å². The molecular weight excluding hydrogens is 742 g/mol. The number of H-pyrrole nitrogens is 1. The third-order valence-electron chi connectivity index (χ3n) is 11.1. The van der Waals surface area contributed by atoms with Gasteiger partial charge in [-0.25, -0.2) is 9.59 Å². The Morgan fingerprint density at radius 3 is 2.48 bits per heavy atom. The molecule has 9 nitrogen and oxygen atoms in total. The van der Waals surface area contributed by atoms with Crippen molar-refractivity contribution >= 4 is 59.7 Å². The van der Waals surface area contributed by atoms with Crippen LogP contribution in [0.3, 0.4) is 0 Å². The number of aromatic nitrogens is 1. The van der Waals surface area contributed by atoms with Crippen LogP contribution >= 0.6 is 47.8 Å². The molecular formula is C30H36Br3NO8. The van der Waals surface area contributed by atoms with Crippen molar-refractivity contribution in [2.75, 3.05) is 7.11 Å². The first kappa shape index (κ1) is 31.0. The number of rotatable bonds is 4. The Bertz CT molecular complexity index is 1390. The van der Waals surface area contributed by atoms with Crippen LogP contribution in [0.1, 0.15) is 51.0 Å². The average molecular weight is 778 g/mol. The van der Waals surface area contributed by atoms with Gasteiger partial charge in [-0.05, 0) is 86.0 Å². The minimum absolute atomic E-state index is 0.149. The van der Waals surface area contributed by atoms with Crippen molar-refractivity contribution in [3.63, 3.8) is 0 Å². The molecule has 0 aromatic carbocycles. The van der Waals surface area contributed by atoms with Gasteiger partial charge >= 0.3 is 11.9 Å². The van der Waals surface area contributed by atoms with E-state index in [4.69, 9.17) is 14.2 Å². The summed E-state index contributed by atoms with van der Waals surface area (Å²) in [5, 5.41) is 35.1. The second kappa shape index (κ2) is 10.3. The lowest BCUT2D eigenvalue weighted by atomic mass is 9.46. The summed E-state index contributed by atoms with van der Waals surface area (Å²) in [6.45, 7) is 7.21. The van der Waals surface area contributed by atoms with Crippen LogP contribution in [0, 0.1) is 40.4 Å². The van der Waals surface area contributed by atoms with E-state index in [2.05, 4.69) is 58.8 Å². The van der Waals surface area contributed by atoms with E-state index in [-0.39, 0.29) is 35.8 Å². The molecule has 0 amide bonds. The van der Waals surface area contributed by atoms with Gasteiger partial charge in [0, 0.05) is 41.6 Å². The van der Waals surface area contributed by atoms with Crippen LogP contribution in [-0.2, 0) is 19.0 Å². The van der Waals surface area contributed by atoms with Crippen LogP contribution in [0.2, 0.25) is 0 Å². The summed E-state index contributed by atoms with van der Waals surface area (Å²) in [5.41, 5.74) is -1.58. The highest BCUT2D eigenvalue weighted by Crippen LogP contribution is 2.93. The molecule has 1 unspecified atom stereocenters. The molecule has 3 saturated carbocycles. The smallest absolute Gasteiger partial charge is 0.356 e. The van der Waals surface area contributed by atoms with Crippen molar-refractivity contribution in [2.24, 2.45) is 40.4 Å². The molecule has 0 bridgehead atoms. The van der Waals surface area contributed by atoms with E-state index in [1.54, 1.807) is 6.92 Å². The average Bonchev–Trinajstić information content (AvgIpc) is 3.39. The molecule has 1 aromatic rings. The number of ether oxygens (including phenoxy) is 3. The number of allylic oxidation sites excluding steroid dienone is 1. The van der Waals surface area contributed by atoms with E-state index in [0.717, 1.165) is 0 Å². The zero-order chi connectivity index (χ0) is 30.7. The van der Waals surface area contributed by atoms with Gasteiger partial charge in [-0.2, -0.15) is 0 Å². The van der Waals surface area contributed by atoms with Crippen molar-refractivity contribution in [3.05, 3.63) is 43.0 Å². The number of halogens is 3. The standard InChI is InChI=1S/C30H36Br3NO8/c1-11-8-12(2)30(39)15(9-17(40-5)26(37)41-21(11)14(4)35)6-7-16-22(30)29-10-28(16,29)24(13(3)23(29)36)42-27(38)20-18(31)19(32)25(33)34-20/h6-8,11,13-17,21-24,34-36,39H,9-10H2,1-5H3/b12-8+/t11-,13-,14-,15-,16-,17+,21+,22+,23-,24-,28-,29?,30+/m1/s1. The van der Waals surface area contributed by atoms with Gasteiger partial charge in [0.15, 0.2) is 6.10 Å². The monoisotopic (exact) mass is 775 g/mol. The summed E-state index contributed by atoms with van der Waals surface area (Å²) in [6, 6.07) is 0. The Morgan fingerprint density at radius 2 is 1.88 bits per heavy atom. The first-order valence-corrected chi connectivity index (χ1v) is 16.7. The number of hydrogen-bond acceptors (Lipinski definition) is 8. The van der Waals surface area contributed by atoms with Crippen molar-refractivity contribution < 1.29 is 39.1 Å². The summed E-state index contributed by atoms with van der Waals surface area (Å²) in [4.78, 5) is 29.5. The minimum atomic E-state index is -1.40. The maximum absolute atomic E-state index is 13.4. The van der Waals surface area contributed by atoms with Gasteiger partial charge in [0.1, 0.15) is 17.9 Å². The number of cyclic esters (lactones) is 1. The van der Waals surface area contributed by atoms with Gasteiger partial charge in [-0.15, -0.1) is 0 Å². The van der Waals surface area contributed by atoms with E-state index in [0.29, 0.717) is 25.5 Å². The van der Waals surface area contributed by atoms with Crippen molar-refractivity contribution in [1.82, 2.24) is 4.98 Å². The Balaban J connectivity index is 1.39. The third kappa shape index (κ3) is 3.84. The molecule has 230 valence electrons. The Hall–Kier alpha value is -1.02. The summed E-state index contributed by atoms with van der Waals surface area (Å²) in [7, 11) is 1.44. The van der Waals surface area contributed by atoms with Gasteiger partial charge in [0.2, 0.25) is 0 Å². The van der Waals surface area contributed by atoms with Gasteiger partial charge in [-0.1, -0.05) is 32.1 Å². The van der Waals surface area contributed by atoms with Crippen LogP contribution < -0.4 is 0 Å². The molecule has 4 aliphatic carbocycles. The highest BCUT2D eigenvalue weighted by Gasteiger charge is 2.96. The molecule has 0 spiro atoms. The number of aromatic amines is 1. The largest absolute Gasteiger partial charge is 0.457 e. The maximum Gasteiger partial charge on any atom is 0.356 e. The fraction of sp³-hybridized carbons (Fsp3) is 0.667. The third-order valence-corrected chi connectivity index (χ3v) is 14.4. The predicted octanol–water partition coefficient (Wildman–Crippen LogP) is 4.67. The van der Waals surface area contributed by atoms with Crippen LogP contribution in [0.4, 0.5) is 0 Å². The number of nitrogens with one attached hydrogen (secondary N) is 1. The van der Waals surface area contributed by atoms with Crippen molar-refractivity contribution in [1.29, 1.82) is 0 Å².